The maximum absolute atomic E-state index is 13.6. The average molecular weight is 245 g/mol. The Morgan fingerprint density at radius 2 is 1.83 bits per heavy atom. The molecule has 0 saturated carbocycles. The molecule has 1 heterocycles. The predicted octanol–water partition coefficient (Wildman–Crippen LogP) is 3.28. The molecule has 0 aliphatic carbocycles. The van der Waals surface area contributed by atoms with Crippen LogP contribution >= 0.6 is 0 Å². The number of rotatable bonds is 2. The number of nitriles is 1. The van der Waals surface area contributed by atoms with Gasteiger partial charge in [-0.05, 0) is 30.7 Å². The van der Waals surface area contributed by atoms with Gasteiger partial charge in [0.05, 0.1) is 23.5 Å². The van der Waals surface area contributed by atoms with Crippen molar-refractivity contribution in [1.82, 2.24) is 4.98 Å². The van der Waals surface area contributed by atoms with Gasteiger partial charge in [0, 0.05) is 6.20 Å². The number of hydrogen-bond acceptors (Lipinski definition) is 3. The van der Waals surface area contributed by atoms with Gasteiger partial charge in [0.25, 0.3) is 0 Å². The Morgan fingerprint density at radius 1 is 1.17 bits per heavy atom. The fourth-order valence-corrected chi connectivity index (χ4v) is 1.52. The molecule has 0 amide bonds. The number of nitrogens with one attached hydrogen (secondary N) is 1. The first-order valence-electron chi connectivity index (χ1n) is 5.18. The number of anilines is 2. The quantitative estimate of drug-likeness (QED) is 0.883. The fourth-order valence-electron chi connectivity index (χ4n) is 1.52. The molecule has 2 aromatic rings. The molecular formula is C13H9F2N3. The average Bonchev–Trinajstić information content (AvgIpc) is 2.33. The lowest BCUT2D eigenvalue weighted by Gasteiger charge is -2.09. The number of aromatic nitrogens is 1. The van der Waals surface area contributed by atoms with E-state index >= 15 is 0 Å². The van der Waals surface area contributed by atoms with E-state index in [1.54, 1.807) is 18.3 Å². The van der Waals surface area contributed by atoms with Gasteiger partial charge in [-0.2, -0.15) is 5.26 Å². The summed E-state index contributed by atoms with van der Waals surface area (Å²) >= 11 is 0. The normalized spacial score (nSPS) is 9.89. The number of benzene rings is 1. The van der Waals surface area contributed by atoms with Crippen LogP contribution in [0.3, 0.4) is 0 Å². The number of nitrogens with zero attached hydrogens (tertiary/aromatic N) is 2. The summed E-state index contributed by atoms with van der Waals surface area (Å²) in [6.45, 7) is 1.82. The van der Waals surface area contributed by atoms with Crippen molar-refractivity contribution in [2.75, 3.05) is 5.32 Å². The second kappa shape index (κ2) is 4.80. The van der Waals surface area contributed by atoms with Crippen LogP contribution in [0.5, 0.6) is 0 Å². The Balaban J connectivity index is 2.38. The van der Waals surface area contributed by atoms with Crippen LogP contribution in [-0.4, -0.2) is 4.98 Å². The van der Waals surface area contributed by atoms with Crippen molar-refractivity contribution in [3.8, 4) is 6.07 Å². The van der Waals surface area contributed by atoms with Gasteiger partial charge in [0.15, 0.2) is 11.6 Å². The highest BCUT2D eigenvalue weighted by molar-refractivity contribution is 5.61. The molecule has 0 aliphatic heterocycles. The van der Waals surface area contributed by atoms with E-state index in [0.717, 1.165) is 17.7 Å². The summed E-state index contributed by atoms with van der Waals surface area (Å²) in [6, 6.07) is 5.36. The molecular weight excluding hydrogens is 236 g/mol. The highest BCUT2D eigenvalue weighted by Crippen LogP contribution is 2.24. The first-order chi connectivity index (χ1) is 8.60. The van der Waals surface area contributed by atoms with Crippen LogP contribution in [0.1, 0.15) is 11.1 Å². The molecule has 1 aromatic heterocycles. The Bertz CT molecular complexity index is 609. The fraction of sp³-hybridized carbons (Fsp3) is 0.0769. The Hall–Kier alpha value is -2.48. The molecule has 2 rings (SSSR count). The molecule has 0 bridgehead atoms. The van der Waals surface area contributed by atoms with E-state index in [2.05, 4.69) is 10.3 Å². The largest absolute Gasteiger partial charge is 0.349 e. The van der Waals surface area contributed by atoms with Gasteiger partial charge in [0.1, 0.15) is 5.69 Å². The van der Waals surface area contributed by atoms with Gasteiger partial charge < -0.3 is 5.32 Å². The molecule has 1 aromatic carbocycles. The standard InChI is InChI=1S/C13H9F2N3/c1-8-2-10(7-17-6-8)18-13-11(14)3-9(5-16)4-12(13)15/h2-4,6-7,18H,1H3. The molecule has 0 fully saturated rings. The molecule has 0 atom stereocenters. The smallest absolute Gasteiger partial charge is 0.150 e. The van der Waals surface area contributed by atoms with Crippen LogP contribution < -0.4 is 5.32 Å². The minimum Gasteiger partial charge on any atom is -0.349 e. The number of halogens is 2. The van der Waals surface area contributed by atoms with Crippen LogP contribution in [0.25, 0.3) is 0 Å². The van der Waals surface area contributed by atoms with Gasteiger partial charge in [0.2, 0.25) is 0 Å². The lowest BCUT2D eigenvalue weighted by Crippen LogP contribution is -1.99. The van der Waals surface area contributed by atoms with Gasteiger partial charge in [-0.3, -0.25) is 4.98 Å². The van der Waals surface area contributed by atoms with Crippen molar-refractivity contribution in [2.45, 2.75) is 6.92 Å². The summed E-state index contributed by atoms with van der Waals surface area (Å²) in [6.07, 6.45) is 3.10. The molecule has 5 heteroatoms. The molecule has 18 heavy (non-hydrogen) atoms. The second-order valence-electron chi connectivity index (χ2n) is 3.80. The van der Waals surface area contributed by atoms with Gasteiger partial charge in [-0.1, -0.05) is 0 Å². The van der Waals surface area contributed by atoms with Crippen LogP contribution in [0.15, 0.2) is 30.6 Å². The third kappa shape index (κ3) is 2.43. The van der Waals surface area contributed by atoms with Crippen LogP contribution in [0, 0.1) is 29.9 Å². The summed E-state index contributed by atoms with van der Waals surface area (Å²) in [5, 5.41) is 11.2. The Labute approximate surface area is 103 Å². The molecule has 0 radical (unpaired) electrons. The first kappa shape index (κ1) is 12.0. The molecule has 0 unspecified atom stereocenters. The molecule has 0 saturated heterocycles. The van der Waals surface area contributed by atoms with E-state index in [1.165, 1.54) is 6.20 Å². The van der Waals surface area contributed by atoms with Gasteiger partial charge >= 0.3 is 0 Å². The zero-order valence-corrected chi connectivity index (χ0v) is 9.54. The first-order valence-corrected chi connectivity index (χ1v) is 5.18. The van der Waals surface area contributed by atoms with Gasteiger partial charge in [-0.15, -0.1) is 0 Å². The summed E-state index contributed by atoms with van der Waals surface area (Å²) < 4.78 is 27.2. The topological polar surface area (TPSA) is 48.7 Å². The van der Waals surface area contributed by atoms with Crippen molar-refractivity contribution in [2.24, 2.45) is 0 Å². The summed E-state index contributed by atoms with van der Waals surface area (Å²) in [5.74, 6) is -1.62. The maximum Gasteiger partial charge on any atom is 0.150 e. The van der Waals surface area contributed by atoms with Crippen molar-refractivity contribution in [1.29, 1.82) is 5.26 Å². The van der Waals surface area contributed by atoms with E-state index in [0.29, 0.717) is 5.69 Å². The van der Waals surface area contributed by atoms with E-state index < -0.39 is 11.6 Å². The summed E-state index contributed by atoms with van der Waals surface area (Å²) in [5.41, 5.74) is 1.01. The minimum atomic E-state index is -0.812. The maximum atomic E-state index is 13.6. The van der Waals surface area contributed by atoms with Crippen molar-refractivity contribution in [3.05, 3.63) is 53.4 Å². The summed E-state index contributed by atoms with van der Waals surface area (Å²) in [7, 11) is 0. The zero-order chi connectivity index (χ0) is 13.1. The van der Waals surface area contributed by atoms with Crippen molar-refractivity contribution >= 4 is 11.4 Å². The monoisotopic (exact) mass is 245 g/mol. The Kier molecular flexibility index (Phi) is 3.20. The lowest BCUT2D eigenvalue weighted by molar-refractivity contribution is 0.590. The molecule has 3 nitrogen and oxygen atoms in total. The molecule has 1 N–H and O–H groups in total. The summed E-state index contributed by atoms with van der Waals surface area (Å²) in [4.78, 5) is 3.91. The third-order valence-electron chi connectivity index (χ3n) is 2.32. The zero-order valence-electron chi connectivity index (χ0n) is 9.54. The van der Waals surface area contributed by atoms with E-state index in [1.807, 2.05) is 6.92 Å². The Morgan fingerprint density at radius 3 is 2.39 bits per heavy atom. The van der Waals surface area contributed by atoms with Crippen molar-refractivity contribution in [3.63, 3.8) is 0 Å². The highest BCUT2D eigenvalue weighted by atomic mass is 19.1. The van der Waals surface area contributed by atoms with Crippen LogP contribution in [-0.2, 0) is 0 Å². The lowest BCUT2D eigenvalue weighted by atomic mass is 10.2. The van der Waals surface area contributed by atoms with Crippen LogP contribution in [0.4, 0.5) is 20.2 Å². The SMILES string of the molecule is Cc1cncc(Nc2c(F)cc(C#N)cc2F)c1. The van der Waals surface area contributed by atoms with Crippen molar-refractivity contribution < 1.29 is 8.78 Å². The highest BCUT2D eigenvalue weighted by Gasteiger charge is 2.11. The third-order valence-corrected chi connectivity index (χ3v) is 2.32. The molecule has 0 aliphatic rings. The van der Waals surface area contributed by atoms with Gasteiger partial charge in [-0.25, -0.2) is 8.78 Å². The number of pyridine rings is 1. The molecule has 90 valence electrons. The van der Waals surface area contributed by atoms with Crippen LogP contribution in [0.2, 0.25) is 0 Å². The second-order valence-corrected chi connectivity index (χ2v) is 3.80. The van der Waals surface area contributed by atoms with E-state index in [9.17, 15) is 8.78 Å². The number of aryl methyl sites for hydroxylation is 1. The minimum absolute atomic E-state index is 0.0575. The number of hydrogen-bond donors (Lipinski definition) is 1. The van der Waals surface area contributed by atoms with E-state index in [4.69, 9.17) is 5.26 Å². The predicted molar refractivity (Wildman–Crippen MR) is 63.3 cm³/mol. The molecule has 0 spiro atoms. The van der Waals surface area contributed by atoms with E-state index in [-0.39, 0.29) is 11.3 Å².